The Morgan fingerprint density at radius 3 is 1.61 bits per heavy atom. The first-order valence-corrected chi connectivity index (χ1v) is 9.71. The van der Waals surface area contributed by atoms with E-state index in [1.165, 1.54) is 5.56 Å². The minimum Gasteiger partial charge on any atom is -0.293 e. The van der Waals surface area contributed by atoms with Crippen molar-refractivity contribution in [1.29, 1.82) is 0 Å². The Morgan fingerprint density at radius 2 is 1.11 bits per heavy atom. The zero-order chi connectivity index (χ0) is 19.9. The van der Waals surface area contributed by atoms with Crippen LogP contribution in [0.1, 0.15) is 64.1 Å². The van der Waals surface area contributed by atoms with Gasteiger partial charge in [0.1, 0.15) is 0 Å². The van der Waals surface area contributed by atoms with Gasteiger partial charge < -0.3 is 0 Å². The number of Topliss-reactive ketones (excluding diaryl/α,β-unsaturated/α-hetero) is 2. The van der Waals surface area contributed by atoms with Crippen LogP contribution in [-0.4, -0.2) is 11.6 Å². The Labute approximate surface area is 166 Å². The van der Waals surface area contributed by atoms with Crippen LogP contribution in [0.15, 0.2) is 78.9 Å². The molecule has 1 aliphatic carbocycles. The van der Waals surface area contributed by atoms with Gasteiger partial charge in [-0.05, 0) is 22.1 Å². The molecular formula is C26H24O2. The van der Waals surface area contributed by atoms with E-state index in [1.54, 1.807) is 12.1 Å². The highest BCUT2D eigenvalue weighted by Gasteiger charge is 2.44. The molecule has 4 rings (SSSR count). The number of benzene rings is 3. The van der Waals surface area contributed by atoms with Gasteiger partial charge in [-0.1, -0.05) is 99.6 Å². The highest BCUT2D eigenvalue weighted by Crippen LogP contribution is 2.41. The molecule has 0 spiro atoms. The van der Waals surface area contributed by atoms with Gasteiger partial charge in [-0.3, -0.25) is 9.59 Å². The maximum atomic E-state index is 13.2. The van der Waals surface area contributed by atoms with Crippen LogP contribution in [0.3, 0.4) is 0 Å². The quantitative estimate of drug-likeness (QED) is 0.547. The fourth-order valence-electron chi connectivity index (χ4n) is 4.10. The number of hydrogen-bond acceptors (Lipinski definition) is 2. The van der Waals surface area contributed by atoms with Gasteiger partial charge in [-0.15, -0.1) is 0 Å². The standard InChI is InChI=1S/C26H24O2/c1-26(2,3)19-15-13-18(14-16-19)22(17-9-5-4-6-10-17)23-24(27)20-11-7-8-12-21(20)25(23)28/h4-16,22-23H,1-3H3. The summed E-state index contributed by atoms with van der Waals surface area (Å²) in [5, 5.41) is 0. The monoisotopic (exact) mass is 368 g/mol. The predicted molar refractivity (Wildman–Crippen MR) is 112 cm³/mol. The fourth-order valence-corrected chi connectivity index (χ4v) is 4.10. The smallest absolute Gasteiger partial charge is 0.175 e. The summed E-state index contributed by atoms with van der Waals surface area (Å²) in [4.78, 5) is 26.4. The lowest BCUT2D eigenvalue weighted by atomic mass is 9.77. The summed E-state index contributed by atoms with van der Waals surface area (Å²) in [7, 11) is 0. The number of carbonyl (C=O) groups excluding carboxylic acids is 2. The number of rotatable bonds is 3. The largest absolute Gasteiger partial charge is 0.293 e. The van der Waals surface area contributed by atoms with E-state index in [0.717, 1.165) is 11.1 Å². The zero-order valence-corrected chi connectivity index (χ0v) is 16.5. The Bertz CT molecular complexity index is 989. The molecule has 1 unspecified atom stereocenters. The van der Waals surface area contributed by atoms with Crippen molar-refractivity contribution in [3.8, 4) is 0 Å². The second-order valence-electron chi connectivity index (χ2n) is 8.51. The van der Waals surface area contributed by atoms with Crippen LogP contribution in [0, 0.1) is 5.92 Å². The van der Waals surface area contributed by atoms with Crippen LogP contribution in [0.2, 0.25) is 0 Å². The highest BCUT2D eigenvalue weighted by atomic mass is 16.2. The van der Waals surface area contributed by atoms with E-state index in [4.69, 9.17) is 0 Å². The summed E-state index contributed by atoms with van der Waals surface area (Å²) >= 11 is 0. The maximum Gasteiger partial charge on any atom is 0.175 e. The molecule has 2 heteroatoms. The third kappa shape index (κ3) is 3.09. The molecule has 0 saturated heterocycles. The molecule has 0 radical (unpaired) electrons. The van der Waals surface area contributed by atoms with Gasteiger partial charge in [0.15, 0.2) is 11.6 Å². The molecule has 1 atom stereocenters. The molecule has 1 aliphatic rings. The lowest BCUT2D eigenvalue weighted by Gasteiger charge is -2.25. The van der Waals surface area contributed by atoms with Crippen molar-refractivity contribution < 1.29 is 9.59 Å². The average molecular weight is 368 g/mol. The van der Waals surface area contributed by atoms with Gasteiger partial charge in [0.05, 0.1) is 5.92 Å². The molecule has 0 aromatic heterocycles. The molecule has 0 bridgehead atoms. The summed E-state index contributed by atoms with van der Waals surface area (Å²) in [6.07, 6.45) is 0. The number of hydrogen-bond donors (Lipinski definition) is 0. The van der Waals surface area contributed by atoms with Gasteiger partial charge in [0.2, 0.25) is 0 Å². The molecule has 0 heterocycles. The first-order valence-electron chi connectivity index (χ1n) is 9.71. The maximum absolute atomic E-state index is 13.2. The van der Waals surface area contributed by atoms with E-state index in [9.17, 15) is 9.59 Å². The predicted octanol–water partition coefficient (Wildman–Crippen LogP) is 5.81. The van der Waals surface area contributed by atoms with Crippen molar-refractivity contribution in [3.05, 3.63) is 107 Å². The molecule has 0 amide bonds. The minimum atomic E-state index is -0.708. The molecule has 140 valence electrons. The molecule has 3 aromatic rings. The number of fused-ring (bicyclic) bond motifs is 1. The van der Waals surface area contributed by atoms with E-state index in [1.807, 2.05) is 42.5 Å². The van der Waals surface area contributed by atoms with E-state index < -0.39 is 5.92 Å². The van der Waals surface area contributed by atoms with E-state index >= 15 is 0 Å². The number of ketones is 2. The Kier molecular flexibility index (Phi) is 4.50. The van der Waals surface area contributed by atoms with Gasteiger partial charge in [0, 0.05) is 17.0 Å². The lowest BCUT2D eigenvalue weighted by Crippen LogP contribution is -2.25. The summed E-state index contributed by atoms with van der Waals surface area (Å²) in [6.45, 7) is 6.53. The highest BCUT2D eigenvalue weighted by molar-refractivity contribution is 6.27. The first-order chi connectivity index (χ1) is 13.4. The Morgan fingerprint density at radius 1 is 0.643 bits per heavy atom. The van der Waals surface area contributed by atoms with Crippen LogP contribution >= 0.6 is 0 Å². The molecule has 0 saturated carbocycles. The number of carbonyl (C=O) groups is 2. The molecule has 2 nitrogen and oxygen atoms in total. The second kappa shape index (κ2) is 6.87. The molecular weight excluding hydrogens is 344 g/mol. The summed E-state index contributed by atoms with van der Waals surface area (Å²) in [5.74, 6) is -1.15. The van der Waals surface area contributed by atoms with Gasteiger partial charge in [0.25, 0.3) is 0 Å². The fraction of sp³-hybridized carbons (Fsp3) is 0.231. The van der Waals surface area contributed by atoms with E-state index in [-0.39, 0.29) is 22.9 Å². The Balaban J connectivity index is 1.83. The topological polar surface area (TPSA) is 34.1 Å². The normalized spacial score (nSPS) is 15.5. The lowest BCUT2D eigenvalue weighted by molar-refractivity contribution is 0.0825. The Hall–Kier alpha value is -3.00. The van der Waals surface area contributed by atoms with Crippen LogP contribution in [0.25, 0.3) is 0 Å². The molecule has 0 aliphatic heterocycles. The van der Waals surface area contributed by atoms with Crippen molar-refractivity contribution in [2.24, 2.45) is 5.92 Å². The summed E-state index contributed by atoms with van der Waals surface area (Å²) in [6, 6.07) is 25.4. The SMILES string of the molecule is CC(C)(C)c1ccc(C(c2ccccc2)C2C(=O)c3ccccc3C2=O)cc1. The van der Waals surface area contributed by atoms with Crippen LogP contribution in [-0.2, 0) is 5.41 Å². The van der Waals surface area contributed by atoms with Crippen molar-refractivity contribution >= 4 is 11.6 Å². The van der Waals surface area contributed by atoms with E-state index in [2.05, 4.69) is 45.0 Å². The van der Waals surface area contributed by atoms with Gasteiger partial charge >= 0.3 is 0 Å². The van der Waals surface area contributed by atoms with Crippen LogP contribution in [0.4, 0.5) is 0 Å². The molecule has 3 aromatic carbocycles. The van der Waals surface area contributed by atoms with Crippen molar-refractivity contribution in [2.45, 2.75) is 32.1 Å². The first kappa shape index (κ1) is 18.4. The van der Waals surface area contributed by atoms with Crippen LogP contribution < -0.4 is 0 Å². The molecule has 0 N–H and O–H groups in total. The zero-order valence-electron chi connectivity index (χ0n) is 16.5. The van der Waals surface area contributed by atoms with Crippen molar-refractivity contribution in [2.75, 3.05) is 0 Å². The third-order valence-corrected chi connectivity index (χ3v) is 5.65. The third-order valence-electron chi connectivity index (χ3n) is 5.65. The van der Waals surface area contributed by atoms with Crippen molar-refractivity contribution in [3.63, 3.8) is 0 Å². The van der Waals surface area contributed by atoms with Crippen LogP contribution in [0.5, 0.6) is 0 Å². The minimum absolute atomic E-state index is 0.0516. The summed E-state index contributed by atoms with van der Waals surface area (Å²) in [5.41, 5.74) is 4.37. The van der Waals surface area contributed by atoms with Gasteiger partial charge in [-0.25, -0.2) is 0 Å². The second-order valence-corrected chi connectivity index (χ2v) is 8.51. The average Bonchev–Trinajstić information content (AvgIpc) is 2.94. The molecule has 28 heavy (non-hydrogen) atoms. The van der Waals surface area contributed by atoms with Crippen molar-refractivity contribution in [1.82, 2.24) is 0 Å². The summed E-state index contributed by atoms with van der Waals surface area (Å²) < 4.78 is 0. The molecule has 0 fully saturated rings. The van der Waals surface area contributed by atoms with E-state index in [0.29, 0.717) is 11.1 Å². The van der Waals surface area contributed by atoms with Gasteiger partial charge in [-0.2, -0.15) is 0 Å².